The van der Waals surface area contributed by atoms with Crippen LogP contribution in [0.25, 0.3) is 0 Å². The third-order valence-electron chi connectivity index (χ3n) is 4.18. The molecule has 0 spiro atoms. The molecule has 2 heterocycles. The van der Waals surface area contributed by atoms with Gasteiger partial charge in [0.15, 0.2) is 0 Å². The molecule has 1 N–H and O–H groups in total. The van der Waals surface area contributed by atoms with E-state index in [2.05, 4.69) is 17.1 Å². The summed E-state index contributed by atoms with van der Waals surface area (Å²) >= 11 is 0. The molecule has 3 nitrogen and oxygen atoms in total. The first-order chi connectivity index (χ1) is 6.71. The highest BCUT2D eigenvalue weighted by Gasteiger charge is 2.54. The van der Waals surface area contributed by atoms with Gasteiger partial charge >= 0.3 is 0 Å². The van der Waals surface area contributed by atoms with E-state index in [0.717, 1.165) is 12.8 Å². The first-order valence-corrected chi connectivity index (χ1v) is 5.81. The van der Waals surface area contributed by atoms with E-state index < -0.39 is 0 Å². The molecule has 2 saturated heterocycles. The van der Waals surface area contributed by atoms with Gasteiger partial charge in [-0.05, 0) is 26.2 Å². The summed E-state index contributed by atoms with van der Waals surface area (Å²) in [5, 5.41) is 3.67. The fourth-order valence-corrected chi connectivity index (χ4v) is 3.55. The monoisotopic (exact) mass is 194 g/mol. The van der Waals surface area contributed by atoms with Crippen LogP contribution in [-0.4, -0.2) is 28.6 Å². The van der Waals surface area contributed by atoms with E-state index in [1.807, 2.05) is 0 Å². The lowest BCUT2D eigenvalue weighted by Crippen LogP contribution is -2.47. The van der Waals surface area contributed by atoms with Crippen molar-refractivity contribution in [3.05, 3.63) is 0 Å². The molecule has 3 heteroatoms. The molecule has 1 saturated carbocycles. The average Bonchev–Trinajstić information content (AvgIpc) is 2.60. The van der Waals surface area contributed by atoms with Gasteiger partial charge in [-0.25, -0.2) is 0 Å². The maximum atomic E-state index is 11.8. The van der Waals surface area contributed by atoms with Crippen LogP contribution in [0.15, 0.2) is 0 Å². The molecular weight excluding hydrogens is 176 g/mol. The minimum atomic E-state index is -0.00322. The highest BCUT2D eigenvalue weighted by atomic mass is 16.2. The Morgan fingerprint density at radius 3 is 3.07 bits per heavy atom. The number of hydrogen-bond acceptors (Lipinski definition) is 2. The number of fused-ring (bicyclic) bond motifs is 3. The maximum Gasteiger partial charge on any atom is 0.224 e. The number of nitrogens with zero attached hydrogens (tertiary/aromatic N) is 1. The fourth-order valence-electron chi connectivity index (χ4n) is 3.55. The molecule has 1 amide bonds. The van der Waals surface area contributed by atoms with E-state index in [-0.39, 0.29) is 5.66 Å². The first kappa shape index (κ1) is 8.72. The van der Waals surface area contributed by atoms with Crippen LogP contribution in [0, 0.1) is 0 Å². The van der Waals surface area contributed by atoms with Crippen molar-refractivity contribution in [2.45, 2.75) is 63.2 Å². The molecule has 3 aliphatic rings. The van der Waals surface area contributed by atoms with Gasteiger partial charge in [-0.2, -0.15) is 0 Å². The van der Waals surface area contributed by atoms with Crippen molar-refractivity contribution in [3.8, 4) is 0 Å². The van der Waals surface area contributed by atoms with E-state index in [1.54, 1.807) is 0 Å². The van der Waals surface area contributed by atoms with Crippen molar-refractivity contribution in [2.24, 2.45) is 0 Å². The highest BCUT2D eigenvalue weighted by Crippen LogP contribution is 2.41. The summed E-state index contributed by atoms with van der Waals surface area (Å²) in [5.74, 6) is 0.370. The second-order valence-corrected chi connectivity index (χ2v) is 5.14. The summed E-state index contributed by atoms with van der Waals surface area (Å²) in [6.07, 6.45) is 6.82. The number of carbonyl (C=O) groups excluding carboxylic acids is 1. The molecule has 78 valence electrons. The van der Waals surface area contributed by atoms with E-state index in [4.69, 9.17) is 0 Å². The van der Waals surface area contributed by atoms with Gasteiger partial charge in [0.05, 0.1) is 5.66 Å². The SMILES string of the molecule is CC12CCC(=O)N1C1CCCCC1N2. The summed E-state index contributed by atoms with van der Waals surface area (Å²) < 4.78 is 0. The van der Waals surface area contributed by atoms with Gasteiger partial charge in [0, 0.05) is 18.5 Å². The molecule has 0 aromatic rings. The lowest BCUT2D eigenvalue weighted by molar-refractivity contribution is -0.132. The normalized spacial score (nSPS) is 46.6. The van der Waals surface area contributed by atoms with Crippen molar-refractivity contribution >= 4 is 5.91 Å². The van der Waals surface area contributed by atoms with Crippen LogP contribution in [0.2, 0.25) is 0 Å². The van der Waals surface area contributed by atoms with Crippen molar-refractivity contribution in [3.63, 3.8) is 0 Å². The van der Waals surface area contributed by atoms with Crippen LogP contribution >= 0.6 is 0 Å². The minimum absolute atomic E-state index is 0.00322. The Hall–Kier alpha value is -0.570. The lowest BCUT2D eigenvalue weighted by atomic mass is 9.91. The Balaban J connectivity index is 1.92. The molecule has 0 aromatic heterocycles. The molecule has 3 atom stereocenters. The molecule has 3 unspecified atom stereocenters. The molecule has 3 fully saturated rings. The Kier molecular flexibility index (Phi) is 1.69. The third kappa shape index (κ3) is 0.991. The van der Waals surface area contributed by atoms with Crippen molar-refractivity contribution in [2.75, 3.05) is 0 Å². The zero-order valence-electron chi connectivity index (χ0n) is 8.75. The Morgan fingerprint density at radius 2 is 2.21 bits per heavy atom. The van der Waals surface area contributed by atoms with E-state index >= 15 is 0 Å². The molecular formula is C11H18N2O. The van der Waals surface area contributed by atoms with Crippen LogP contribution in [0.3, 0.4) is 0 Å². The first-order valence-electron chi connectivity index (χ1n) is 5.81. The molecule has 0 radical (unpaired) electrons. The Labute approximate surface area is 84.8 Å². The summed E-state index contributed by atoms with van der Waals surface area (Å²) in [6.45, 7) is 2.19. The van der Waals surface area contributed by atoms with Crippen LogP contribution in [0.5, 0.6) is 0 Å². The molecule has 0 bridgehead atoms. The van der Waals surface area contributed by atoms with Crippen molar-refractivity contribution in [1.82, 2.24) is 10.2 Å². The second-order valence-electron chi connectivity index (χ2n) is 5.14. The zero-order chi connectivity index (χ0) is 9.76. The van der Waals surface area contributed by atoms with Crippen molar-refractivity contribution in [1.29, 1.82) is 0 Å². The van der Waals surface area contributed by atoms with Crippen LogP contribution in [0.1, 0.15) is 45.4 Å². The number of rotatable bonds is 0. The van der Waals surface area contributed by atoms with Gasteiger partial charge < -0.3 is 4.90 Å². The molecule has 2 aliphatic heterocycles. The number of amides is 1. The van der Waals surface area contributed by atoms with Gasteiger partial charge in [-0.15, -0.1) is 0 Å². The van der Waals surface area contributed by atoms with Gasteiger partial charge in [0.25, 0.3) is 0 Å². The van der Waals surface area contributed by atoms with Gasteiger partial charge in [-0.3, -0.25) is 10.1 Å². The van der Waals surface area contributed by atoms with Crippen LogP contribution in [0.4, 0.5) is 0 Å². The number of hydrogen-bond donors (Lipinski definition) is 1. The quantitative estimate of drug-likeness (QED) is 0.629. The standard InChI is InChI=1S/C11H18N2O/c1-11-7-6-10(14)13(11)9-5-3-2-4-8(9)12-11/h8-9,12H,2-7H2,1H3. The van der Waals surface area contributed by atoms with Crippen LogP contribution < -0.4 is 5.32 Å². The van der Waals surface area contributed by atoms with E-state index in [9.17, 15) is 4.79 Å². The van der Waals surface area contributed by atoms with E-state index in [1.165, 1.54) is 25.7 Å². The molecule has 14 heavy (non-hydrogen) atoms. The predicted octanol–water partition coefficient (Wildman–Crippen LogP) is 1.24. The highest BCUT2D eigenvalue weighted by molar-refractivity contribution is 5.80. The van der Waals surface area contributed by atoms with Crippen LogP contribution in [-0.2, 0) is 4.79 Å². The average molecular weight is 194 g/mol. The topological polar surface area (TPSA) is 32.3 Å². The van der Waals surface area contributed by atoms with Gasteiger partial charge in [0.1, 0.15) is 0 Å². The van der Waals surface area contributed by atoms with Gasteiger partial charge in [-0.1, -0.05) is 12.8 Å². The molecule has 0 aromatic carbocycles. The van der Waals surface area contributed by atoms with Crippen molar-refractivity contribution < 1.29 is 4.79 Å². The molecule has 3 rings (SSSR count). The Bertz CT molecular complexity index is 278. The smallest absolute Gasteiger partial charge is 0.224 e. The fraction of sp³-hybridized carbons (Fsp3) is 0.909. The number of carbonyl (C=O) groups is 1. The minimum Gasteiger partial charge on any atom is -0.320 e. The van der Waals surface area contributed by atoms with Gasteiger partial charge in [0.2, 0.25) is 5.91 Å². The third-order valence-corrected chi connectivity index (χ3v) is 4.18. The maximum absolute atomic E-state index is 11.8. The lowest BCUT2D eigenvalue weighted by Gasteiger charge is -2.32. The Morgan fingerprint density at radius 1 is 1.43 bits per heavy atom. The summed E-state index contributed by atoms with van der Waals surface area (Å²) in [4.78, 5) is 14.0. The predicted molar refractivity (Wildman–Crippen MR) is 53.7 cm³/mol. The summed E-state index contributed by atoms with van der Waals surface area (Å²) in [7, 11) is 0. The van der Waals surface area contributed by atoms with E-state index in [0.29, 0.717) is 18.0 Å². The summed E-state index contributed by atoms with van der Waals surface area (Å²) in [6, 6.07) is 1.08. The second kappa shape index (κ2) is 2.72. The molecule has 1 aliphatic carbocycles. The zero-order valence-corrected chi connectivity index (χ0v) is 8.75. The number of nitrogens with one attached hydrogen (secondary N) is 1. The largest absolute Gasteiger partial charge is 0.320 e. The summed E-state index contributed by atoms with van der Waals surface area (Å²) in [5.41, 5.74) is -0.00322.